The number of carbonyl (C=O) groups excluding carboxylic acids is 1. The highest BCUT2D eigenvalue weighted by molar-refractivity contribution is 7.92. The molecule has 0 spiro atoms. The molecule has 0 radical (unpaired) electrons. The second-order valence-corrected chi connectivity index (χ2v) is 8.87. The van der Waals surface area contributed by atoms with Crippen molar-refractivity contribution >= 4 is 21.6 Å². The standard InChI is InChI=1S/C22H21N3O3S/c1-16-12-19-13-18(22(26)24-15-17-6-5-11-23-14-17)9-10-21(19)25(16)29(27,28)20-7-3-2-4-8-20/h2-11,13-14,16H,12,15H2,1H3,(H,24,26)/t16-/m1/s1. The van der Waals surface area contributed by atoms with Crippen LogP contribution in [0.2, 0.25) is 0 Å². The second kappa shape index (κ2) is 7.67. The molecule has 0 bridgehead atoms. The maximum absolute atomic E-state index is 13.1. The molecule has 0 saturated heterocycles. The van der Waals surface area contributed by atoms with Gasteiger partial charge in [0, 0.05) is 30.5 Å². The van der Waals surface area contributed by atoms with Gasteiger partial charge in [0.2, 0.25) is 0 Å². The van der Waals surface area contributed by atoms with Gasteiger partial charge in [0.1, 0.15) is 0 Å². The van der Waals surface area contributed by atoms with Crippen molar-refractivity contribution < 1.29 is 13.2 Å². The van der Waals surface area contributed by atoms with Crippen LogP contribution in [-0.2, 0) is 23.0 Å². The van der Waals surface area contributed by atoms with Crippen molar-refractivity contribution in [3.05, 3.63) is 89.7 Å². The molecule has 0 fully saturated rings. The Morgan fingerprint density at radius 1 is 1.14 bits per heavy atom. The average molecular weight is 407 g/mol. The van der Waals surface area contributed by atoms with Crippen molar-refractivity contribution in [2.24, 2.45) is 0 Å². The highest BCUT2D eigenvalue weighted by Gasteiger charge is 2.36. The molecule has 0 unspecified atom stereocenters. The zero-order valence-electron chi connectivity index (χ0n) is 15.9. The van der Waals surface area contributed by atoms with E-state index in [-0.39, 0.29) is 16.8 Å². The Morgan fingerprint density at radius 2 is 1.93 bits per heavy atom. The Labute approximate surface area is 170 Å². The van der Waals surface area contributed by atoms with Crippen LogP contribution in [0.1, 0.15) is 28.4 Å². The minimum absolute atomic E-state index is 0.200. The highest BCUT2D eigenvalue weighted by Crippen LogP contribution is 2.37. The van der Waals surface area contributed by atoms with Crippen molar-refractivity contribution in [2.45, 2.75) is 30.8 Å². The van der Waals surface area contributed by atoms with Gasteiger partial charge in [-0.25, -0.2) is 8.42 Å². The number of carbonyl (C=O) groups is 1. The third-order valence-electron chi connectivity index (χ3n) is 4.97. The number of anilines is 1. The topological polar surface area (TPSA) is 79.4 Å². The van der Waals surface area contributed by atoms with Crippen LogP contribution in [0.15, 0.2) is 78.0 Å². The summed E-state index contributed by atoms with van der Waals surface area (Å²) in [6.45, 7) is 2.26. The maximum Gasteiger partial charge on any atom is 0.264 e. The maximum atomic E-state index is 13.1. The first-order valence-corrected chi connectivity index (χ1v) is 10.8. The third-order valence-corrected chi connectivity index (χ3v) is 6.91. The summed E-state index contributed by atoms with van der Waals surface area (Å²) < 4.78 is 27.7. The Morgan fingerprint density at radius 3 is 2.66 bits per heavy atom. The minimum atomic E-state index is -3.65. The number of hydrogen-bond donors (Lipinski definition) is 1. The van der Waals surface area contributed by atoms with Gasteiger partial charge in [-0.05, 0) is 60.9 Å². The largest absolute Gasteiger partial charge is 0.348 e. The van der Waals surface area contributed by atoms with E-state index in [2.05, 4.69) is 10.3 Å². The Kier molecular flexibility index (Phi) is 5.07. The molecule has 2 heterocycles. The molecule has 1 aliphatic rings. The van der Waals surface area contributed by atoms with E-state index in [1.807, 2.05) is 19.1 Å². The van der Waals surface area contributed by atoms with E-state index >= 15 is 0 Å². The molecule has 1 atom stereocenters. The number of benzene rings is 2. The van der Waals surface area contributed by atoms with E-state index in [0.717, 1.165) is 11.1 Å². The summed E-state index contributed by atoms with van der Waals surface area (Å²) >= 11 is 0. The molecule has 2 aromatic carbocycles. The van der Waals surface area contributed by atoms with Crippen LogP contribution in [0, 0.1) is 0 Å². The van der Waals surface area contributed by atoms with Gasteiger partial charge < -0.3 is 5.32 Å². The molecule has 1 aromatic heterocycles. The van der Waals surface area contributed by atoms with Gasteiger partial charge in [0.05, 0.1) is 10.6 Å². The summed E-state index contributed by atoms with van der Waals surface area (Å²) in [5, 5.41) is 2.87. The lowest BCUT2D eigenvalue weighted by Gasteiger charge is -2.24. The number of fused-ring (bicyclic) bond motifs is 1. The smallest absolute Gasteiger partial charge is 0.264 e. The molecule has 3 aromatic rings. The van der Waals surface area contributed by atoms with Gasteiger partial charge in [-0.3, -0.25) is 14.1 Å². The summed E-state index contributed by atoms with van der Waals surface area (Å²) in [7, 11) is -3.65. The third kappa shape index (κ3) is 3.73. The molecule has 6 nitrogen and oxygen atoms in total. The molecular weight excluding hydrogens is 386 g/mol. The molecular formula is C22H21N3O3S. The van der Waals surface area contributed by atoms with Gasteiger partial charge in [-0.1, -0.05) is 24.3 Å². The fourth-order valence-electron chi connectivity index (χ4n) is 3.60. The van der Waals surface area contributed by atoms with Crippen molar-refractivity contribution in [1.29, 1.82) is 0 Å². The van der Waals surface area contributed by atoms with E-state index in [9.17, 15) is 13.2 Å². The molecule has 4 rings (SSSR count). The monoisotopic (exact) mass is 407 g/mol. The zero-order chi connectivity index (χ0) is 20.4. The number of pyridine rings is 1. The van der Waals surface area contributed by atoms with Gasteiger partial charge in [0.15, 0.2) is 0 Å². The Bertz CT molecular complexity index is 1130. The molecule has 1 N–H and O–H groups in total. The van der Waals surface area contributed by atoms with Gasteiger partial charge in [-0.15, -0.1) is 0 Å². The summed E-state index contributed by atoms with van der Waals surface area (Å²) in [4.78, 5) is 16.8. The summed E-state index contributed by atoms with van der Waals surface area (Å²) in [6, 6.07) is 17.1. The lowest BCUT2D eigenvalue weighted by atomic mass is 10.1. The predicted octanol–water partition coefficient (Wildman–Crippen LogP) is 3.15. The Hall–Kier alpha value is -3.19. The molecule has 1 amide bonds. The van der Waals surface area contributed by atoms with Crippen LogP contribution >= 0.6 is 0 Å². The van der Waals surface area contributed by atoms with Gasteiger partial charge in [0.25, 0.3) is 15.9 Å². The number of amides is 1. The second-order valence-electron chi connectivity index (χ2n) is 7.05. The fraction of sp³-hybridized carbons (Fsp3) is 0.182. The van der Waals surface area contributed by atoms with E-state index in [4.69, 9.17) is 0 Å². The van der Waals surface area contributed by atoms with Crippen molar-refractivity contribution in [1.82, 2.24) is 10.3 Å². The average Bonchev–Trinajstić information content (AvgIpc) is 3.09. The molecule has 148 valence electrons. The van der Waals surface area contributed by atoms with Crippen LogP contribution < -0.4 is 9.62 Å². The van der Waals surface area contributed by atoms with E-state index in [1.54, 1.807) is 60.9 Å². The van der Waals surface area contributed by atoms with E-state index in [0.29, 0.717) is 24.2 Å². The molecule has 0 aliphatic carbocycles. The molecule has 29 heavy (non-hydrogen) atoms. The van der Waals surface area contributed by atoms with Crippen molar-refractivity contribution in [3.63, 3.8) is 0 Å². The normalized spacial score (nSPS) is 15.8. The molecule has 1 aliphatic heterocycles. The minimum Gasteiger partial charge on any atom is -0.348 e. The number of rotatable bonds is 5. The van der Waals surface area contributed by atoms with Crippen LogP contribution in [0.25, 0.3) is 0 Å². The molecule has 7 heteroatoms. The summed E-state index contributed by atoms with van der Waals surface area (Å²) in [6.07, 6.45) is 3.95. The molecule has 0 saturated carbocycles. The predicted molar refractivity (Wildman–Crippen MR) is 111 cm³/mol. The van der Waals surface area contributed by atoms with Crippen LogP contribution in [0.3, 0.4) is 0 Å². The highest BCUT2D eigenvalue weighted by atomic mass is 32.2. The Balaban J connectivity index is 1.57. The van der Waals surface area contributed by atoms with Crippen LogP contribution in [-0.4, -0.2) is 25.4 Å². The van der Waals surface area contributed by atoms with Crippen LogP contribution in [0.4, 0.5) is 5.69 Å². The number of aromatic nitrogens is 1. The first-order valence-electron chi connectivity index (χ1n) is 9.36. The van der Waals surface area contributed by atoms with Crippen molar-refractivity contribution in [2.75, 3.05) is 4.31 Å². The summed E-state index contributed by atoms with van der Waals surface area (Å²) in [5.41, 5.74) is 2.91. The number of nitrogens with one attached hydrogen (secondary N) is 1. The lowest BCUT2D eigenvalue weighted by Crippen LogP contribution is -2.35. The van der Waals surface area contributed by atoms with Gasteiger partial charge >= 0.3 is 0 Å². The van der Waals surface area contributed by atoms with E-state index in [1.165, 1.54) is 4.31 Å². The summed E-state index contributed by atoms with van der Waals surface area (Å²) in [5.74, 6) is -0.200. The first kappa shape index (κ1) is 19.1. The lowest BCUT2D eigenvalue weighted by molar-refractivity contribution is 0.0951. The quantitative estimate of drug-likeness (QED) is 0.705. The zero-order valence-corrected chi connectivity index (χ0v) is 16.8. The SMILES string of the molecule is C[C@@H]1Cc2cc(C(=O)NCc3cccnc3)ccc2N1S(=O)(=O)c1ccccc1. The number of hydrogen-bond acceptors (Lipinski definition) is 4. The van der Waals surface area contributed by atoms with Crippen molar-refractivity contribution in [3.8, 4) is 0 Å². The van der Waals surface area contributed by atoms with Gasteiger partial charge in [-0.2, -0.15) is 0 Å². The fourth-order valence-corrected chi connectivity index (χ4v) is 5.32. The van der Waals surface area contributed by atoms with Crippen LogP contribution in [0.5, 0.6) is 0 Å². The number of nitrogens with zero attached hydrogens (tertiary/aromatic N) is 2. The van der Waals surface area contributed by atoms with E-state index < -0.39 is 10.0 Å². The first-order chi connectivity index (χ1) is 14.0. The number of sulfonamides is 1.